The van der Waals surface area contributed by atoms with Crippen LogP contribution in [0.1, 0.15) is 23.7 Å². The molecular weight excluding hydrogens is 260 g/mol. The van der Waals surface area contributed by atoms with Crippen LogP contribution in [-0.4, -0.2) is 17.5 Å². The van der Waals surface area contributed by atoms with Crippen molar-refractivity contribution in [3.63, 3.8) is 0 Å². The lowest BCUT2D eigenvalue weighted by molar-refractivity contribution is 0.799. The maximum Gasteiger partial charge on any atom is 0.191 e. The van der Waals surface area contributed by atoms with E-state index < -0.39 is 0 Å². The Morgan fingerprint density at radius 3 is 2.76 bits per heavy atom. The monoisotopic (exact) mass is 282 g/mol. The number of guanidine groups is 1. The van der Waals surface area contributed by atoms with Gasteiger partial charge in [-0.25, -0.2) is 4.99 Å². The molecule has 110 valence electrons. The van der Waals surface area contributed by atoms with E-state index in [0.29, 0.717) is 13.1 Å². The third kappa shape index (κ3) is 5.26. The Balaban J connectivity index is 1.96. The number of nitrogens with one attached hydrogen (secondary N) is 2. The van der Waals surface area contributed by atoms with Crippen molar-refractivity contribution in [2.75, 3.05) is 6.54 Å². The lowest BCUT2D eigenvalue weighted by Crippen LogP contribution is -2.37. The molecule has 0 aliphatic rings. The van der Waals surface area contributed by atoms with Gasteiger partial charge in [0.05, 0.1) is 18.8 Å². The summed E-state index contributed by atoms with van der Waals surface area (Å²) in [4.78, 5) is 8.90. The Labute approximate surface area is 126 Å². The number of benzene rings is 1. The number of aryl methyl sites for hydroxylation is 1. The second-order valence-corrected chi connectivity index (χ2v) is 4.86. The third-order valence-corrected chi connectivity index (χ3v) is 3.01. The van der Waals surface area contributed by atoms with Gasteiger partial charge in [-0.2, -0.15) is 0 Å². The van der Waals surface area contributed by atoms with Crippen LogP contribution in [-0.2, 0) is 13.1 Å². The average Bonchev–Trinajstić information content (AvgIpc) is 2.51. The van der Waals surface area contributed by atoms with Crippen LogP contribution in [0.4, 0.5) is 0 Å². The molecule has 1 aromatic heterocycles. The summed E-state index contributed by atoms with van der Waals surface area (Å²) >= 11 is 0. The maximum atomic E-state index is 4.61. The molecule has 0 saturated carbocycles. The topological polar surface area (TPSA) is 49.3 Å². The lowest BCUT2D eigenvalue weighted by Gasteiger charge is -2.11. The number of hydrogen-bond donors (Lipinski definition) is 2. The number of aromatic nitrogens is 1. The molecule has 21 heavy (non-hydrogen) atoms. The molecule has 0 atom stereocenters. The fourth-order valence-electron chi connectivity index (χ4n) is 2.00. The number of aliphatic imine (C=N–C) groups is 1. The Hall–Kier alpha value is -2.36. The molecule has 0 spiro atoms. The van der Waals surface area contributed by atoms with Gasteiger partial charge in [-0.05, 0) is 31.5 Å². The van der Waals surface area contributed by atoms with Crippen molar-refractivity contribution < 1.29 is 0 Å². The van der Waals surface area contributed by atoms with Crippen molar-refractivity contribution >= 4 is 5.96 Å². The highest BCUT2D eigenvalue weighted by molar-refractivity contribution is 5.79. The molecule has 0 saturated heterocycles. The molecule has 0 fully saturated rings. The molecule has 0 bridgehead atoms. The quantitative estimate of drug-likeness (QED) is 0.655. The van der Waals surface area contributed by atoms with Crippen LogP contribution in [0.5, 0.6) is 0 Å². The largest absolute Gasteiger partial charge is 0.357 e. The van der Waals surface area contributed by atoms with E-state index in [2.05, 4.69) is 58.7 Å². The molecule has 2 aromatic rings. The van der Waals surface area contributed by atoms with Crippen molar-refractivity contribution in [1.29, 1.82) is 0 Å². The zero-order valence-electron chi connectivity index (χ0n) is 12.6. The van der Waals surface area contributed by atoms with E-state index in [4.69, 9.17) is 0 Å². The molecule has 0 radical (unpaired) electrons. The smallest absolute Gasteiger partial charge is 0.191 e. The first kappa shape index (κ1) is 15.0. The van der Waals surface area contributed by atoms with Gasteiger partial charge in [0.2, 0.25) is 0 Å². The van der Waals surface area contributed by atoms with E-state index in [1.165, 1.54) is 11.1 Å². The summed E-state index contributed by atoms with van der Waals surface area (Å²) in [5.41, 5.74) is 3.47. The predicted molar refractivity (Wildman–Crippen MR) is 87.1 cm³/mol. The summed E-state index contributed by atoms with van der Waals surface area (Å²) in [6.45, 7) is 6.32. The number of nitrogens with zero attached hydrogens (tertiary/aromatic N) is 2. The first-order chi connectivity index (χ1) is 10.3. The van der Waals surface area contributed by atoms with Crippen molar-refractivity contribution in [3.05, 3.63) is 65.5 Å². The summed E-state index contributed by atoms with van der Waals surface area (Å²) in [6, 6.07) is 14.3. The minimum atomic E-state index is 0.666. The summed E-state index contributed by atoms with van der Waals surface area (Å²) in [6.07, 6.45) is 1.80. The minimum Gasteiger partial charge on any atom is -0.357 e. The SMILES string of the molecule is CCNC(=NCc1cccc(C)c1)NCc1ccccn1. The van der Waals surface area contributed by atoms with Crippen LogP contribution < -0.4 is 10.6 Å². The number of pyridine rings is 1. The van der Waals surface area contributed by atoms with Gasteiger partial charge in [0, 0.05) is 12.7 Å². The number of rotatable bonds is 5. The molecule has 1 aromatic carbocycles. The second kappa shape index (κ2) is 8.04. The third-order valence-electron chi connectivity index (χ3n) is 3.01. The first-order valence-electron chi connectivity index (χ1n) is 7.25. The van der Waals surface area contributed by atoms with Crippen LogP contribution in [0.25, 0.3) is 0 Å². The van der Waals surface area contributed by atoms with E-state index in [1.807, 2.05) is 18.2 Å². The molecule has 0 amide bonds. The van der Waals surface area contributed by atoms with Gasteiger partial charge in [0.1, 0.15) is 0 Å². The molecular formula is C17H22N4. The van der Waals surface area contributed by atoms with Gasteiger partial charge in [0.25, 0.3) is 0 Å². The normalized spacial score (nSPS) is 11.2. The standard InChI is InChI=1S/C17H22N4/c1-3-18-17(21-13-16-9-4-5-10-19-16)20-12-15-8-6-7-14(2)11-15/h4-11H,3,12-13H2,1-2H3,(H2,18,20,21). The molecule has 4 nitrogen and oxygen atoms in total. The molecule has 0 unspecified atom stereocenters. The van der Waals surface area contributed by atoms with E-state index in [-0.39, 0.29) is 0 Å². The predicted octanol–water partition coefficient (Wildman–Crippen LogP) is 2.65. The maximum absolute atomic E-state index is 4.61. The van der Waals surface area contributed by atoms with Crippen molar-refractivity contribution in [2.24, 2.45) is 4.99 Å². The van der Waals surface area contributed by atoms with Crippen molar-refractivity contribution in [3.8, 4) is 0 Å². The van der Waals surface area contributed by atoms with Crippen LogP contribution in [0, 0.1) is 6.92 Å². The average molecular weight is 282 g/mol. The summed E-state index contributed by atoms with van der Waals surface area (Å²) in [5, 5.41) is 6.55. The molecule has 2 N–H and O–H groups in total. The van der Waals surface area contributed by atoms with E-state index in [9.17, 15) is 0 Å². The fraction of sp³-hybridized carbons (Fsp3) is 0.294. The highest BCUT2D eigenvalue weighted by Crippen LogP contribution is 2.05. The molecule has 1 heterocycles. The number of hydrogen-bond acceptors (Lipinski definition) is 2. The van der Waals surface area contributed by atoms with Crippen LogP contribution >= 0.6 is 0 Å². The highest BCUT2D eigenvalue weighted by Gasteiger charge is 1.99. The van der Waals surface area contributed by atoms with Crippen LogP contribution in [0.15, 0.2) is 53.7 Å². The Kier molecular flexibility index (Phi) is 5.76. The van der Waals surface area contributed by atoms with Crippen molar-refractivity contribution in [1.82, 2.24) is 15.6 Å². The Bertz CT molecular complexity index is 578. The van der Waals surface area contributed by atoms with E-state index in [0.717, 1.165) is 18.2 Å². The summed E-state index contributed by atoms with van der Waals surface area (Å²) in [7, 11) is 0. The van der Waals surface area contributed by atoms with Crippen molar-refractivity contribution in [2.45, 2.75) is 26.9 Å². The molecule has 4 heteroatoms. The summed E-state index contributed by atoms with van der Waals surface area (Å²) < 4.78 is 0. The molecule has 0 aliphatic heterocycles. The zero-order valence-corrected chi connectivity index (χ0v) is 12.6. The first-order valence-corrected chi connectivity index (χ1v) is 7.25. The van der Waals surface area contributed by atoms with Gasteiger partial charge in [0.15, 0.2) is 5.96 Å². The highest BCUT2D eigenvalue weighted by atomic mass is 15.2. The van der Waals surface area contributed by atoms with E-state index in [1.54, 1.807) is 6.20 Å². The van der Waals surface area contributed by atoms with Gasteiger partial charge in [-0.15, -0.1) is 0 Å². The van der Waals surface area contributed by atoms with E-state index >= 15 is 0 Å². The second-order valence-electron chi connectivity index (χ2n) is 4.86. The van der Waals surface area contributed by atoms with Gasteiger partial charge >= 0.3 is 0 Å². The van der Waals surface area contributed by atoms with Gasteiger partial charge < -0.3 is 10.6 Å². The summed E-state index contributed by atoms with van der Waals surface area (Å²) in [5.74, 6) is 0.810. The van der Waals surface area contributed by atoms with Gasteiger partial charge in [-0.3, -0.25) is 4.98 Å². The fourth-order valence-corrected chi connectivity index (χ4v) is 2.00. The molecule has 2 rings (SSSR count). The molecule has 0 aliphatic carbocycles. The zero-order chi connectivity index (χ0) is 14.9. The van der Waals surface area contributed by atoms with Crippen LogP contribution in [0.2, 0.25) is 0 Å². The Morgan fingerprint density at radius 1 is 1.14 bits per heavy atom. The minimum absolute atomic E-state index is 0.666. The lowest BCUT2D eigenvalue weighted by atomic mass is 10.1. The van der Waals surface area contributed by atoms with Gasteiger partial charge in [-0.1, -0.05) is 35.9 Å². The van der Waals surface area contributed by atoms with Crippen LogP contribution in [0.3, 0.4) is 0 Å². The Morgan fingerprint density at radius 2 is 2.05 bits per heavy atom.